The van der Waals surface area contributed by atoms with Crippen LogP contribution in [0.4, 0.5) is 0 Å². The lowest BCUT2D eigenvalue weighted by molar-refractivity contribution is 0.0526. The number of para-hydroxylation sites is 1. The molecular formula is C13H11NO3S. The monoisotopic (exact) mass is 261 g/mol. The van der Waals surface area contributed by atoms with E-state index in [1.165, 1.54) is 11.3 Å². The Labute approximate surface area is 108 Å². The number of hydrogen-bond donors (Lipinski definition) is 0. The Bertz CT molecular complexity index is 606. The lowest BCUT2D eigenvalue weighted by Gasteiger charge is -2.15. The number of hydrogen-bond acceptors (Lipinski definition) is 5. The van der Waals surface area contributed by atoms with E-state index in [1.807, 2.05) is 24.3 Å². The van der Waals surface area contributed by atoms with Gasteiger partial charge in [0.15, 0.2) is 0 Å². The Hall–Kier alpha value is -1.88. The number of ether oxygens (including phenoxy) is 2. The van der Waals surface area contributed by atoms with Crippen LogP contribution < -0.4 is 4.74 Å². The second kappa shape index (κ2) is 4.42. The highest BCUT2D eigenvalue weighted by Crippen LogP contribution is 2.39. The molecule has 4 nitrogen and oxygen atoms in total. The van der Waals surface area contributed by atoms with Crippen molar-refractivity contribution in [3.8, 4) is 17.0 Å². The van der Waals surface area contributed by atoms with Gasteiger partial charge in [0, 0.05) is 5.56 Å². The maximum absolute atomic E-state index is 11.7. The molecule has 0 spiro atoms. The van der Waals surface area contributed by atoms with Crippen LogP contribution >= 0.6 is 11.3 Å². The van der Waals surface area contributed by atoms with Crippen molar-refractivity contribution in [2.75, 3.05) is 6.61 Å². The van der Waals surface area contributed by atoms with Crippen LogP contribution in [0, 0.1) is 0 Å². The average molecular weight is 261 g/mol. The molecule has 0 radical (unpaired) electrons. The number of thiazole rings is 1. The van der Waals surface area contributed by atoms with Crippen LogP contribution in [0.5, 0.6) is 5.75 Å². The Balaban J connectivity index is 2.04. The van der Waals surface area contributed by atoms with Gasteiger partial charge >= 0.3 is 5.97 Å². The van der Waals surface area contributed by atoms with Crippen LogP contribution in [0.25, 0.3) is 11.3 Å². The summed E-state index contributed by atoms with van der Waals surface area (Å²) in [5.74, 6) is 0.445. The van der Waals surface area contributed by atoms with Crippen molar-refractivity contribution in [3.05, 3.63) is 34.2 Å². The predicted molar refractivity (Wildman–Crippen MR) is 67.8 cm³/mol. The highest BCUT2D eigenvalue weighted by Gasteiger charge is 2.24. The number of esters is 1. The van der Waals surface area contributed by atoms with E-state index in [-0.39, 0.29) is 5.97 Å². The first kappa shape index (κ1) is 11.2. The van der Waals surface area contributed by atoms with Crippen LogP contribution in [-0.4, -0.2) is 17.6 Å². The standard InChI is InChI=1S/C13H11NO3S/c1-2-16-13(15)12-14-11-8-5-3-4-6-9(8)17-7-10(11)18-12/h3-6H,2,7H2,1H3. The second-order valence-electron chi connectivity index (χ2n) is 3.80. The summed E-state index contributed by atoms with van der Waals surface area (Å²) < 4.78 is 10.6. The number of carbonyl (C=O) groups is 1. The molecule has 2 aromatic rings. The van der Waals surface area contributed by atoms with E-state index in [0.29, 0.717) is 18.2 Å². The molecular weight excluding hydrogens is 250 g/mol. The fraction of sp³-hybridized carbons (Fsp3) is 0.231. The molecule has 1 aromatic heterocycles. The van der Waals surface area contributed by atoms with Gasteiger partial charge in [-0.2, -0.15) is 0 Å². The molecule has 2 heterocycles. The molecule has 1 aliphatic heterocycles. The molecule has 1 aliphatic rings. The SMILES string of the molecule is CCOC(=O)c1nc2c(s1)COc1ccccc1-2. The highest BCUT2D eigenvalue weighted by atomic mass is 32.1. The summed E-state index contributed by atoms with van der Waals surface area (Å²) in [5.41, 5.74) is 1.77. The summed E-state index contributed by atoms with van der Waals surface area (Å²) in [5, 5.41) is 0.391. The third kappa shape index (κ3) is 1.76. The molecule has 5 heteroatoms. The third-order valence-electron chi connectivity index (χ3n) is 2.65. The molecule has 0 unspecified atom stereocenters. The van der Waals surface area contributed by atoms with Crippen LogP contribution in [0.15, 0.2) is 24.3 Å². The zero-order valence-electron chi connectivity index (χ0n) is 9.80. The minimum Gasteiger partial charge on any atom is -0.487 e. The van der Waals surface area contributed by atoms with Gasteiger partial charge in [0.2, 0.25) is 5.01 Å². The van der Waals surface area contributed by atoms with Crippen LogP contribution in [0.2, 0.25) is 0 Å². The van der Waals surface area contributed by atoms with Gasteiger partial charge in [-0.25, -0.2) is 9.78 Å². The van der Waals surface area contributed by atoms with E-state index in [1.54, 1.807) is 6.92 Å². The topological polar surface area (TPSA) is 48.4 Å². The first-order chi connectivity index (χ1) is 8.79. The van der Waals surface area contributed by atoms with E-state index in [2.05, 4.69) is 4.98 Å². The number of fused-ring (bicyclic) bond motifs is 3. The van der Waals surface area contributed by atoms with Gasteiger partial charge in [-0.15, -0.1) is 11.3 Å². The summed E-state index contributed by atoms with van der Waals surface area (Å²) in [6.07, 6.45) is 0. The van der Waals surface area contributed by atoms with Crippen molar-refractivity contribution in [2.24, 2.45) is 0 Å². The first-order valence-electron chi connectivity index (χ1n) is 5.68. The number of nitrogens with zero attached hydrogens (tertiary/aromatic N) is 1. The smallest absolute Gasteiger partial charge is 0.367 e. The fourth-order valence-corrected chi connectivity index (χ4v) is 2.75. The lowest BCUT2D eigenvalue weighted by Crippen LogP contribution is -2.04. The van der Waals surface area contributed by atoms with E-state index in [9.17, 15) is 4.79 Å². The molecule has 18 heavy (non-hydrogen) atoms. The van der Waals surface area contributed by atoms with Crippen molar-refractivity contribution in [1.29, 1.82) is 0 Å². The molecule has 0 saturated carbocycles. The van der Waals surface area contributed by atoms with Gasteiger partial charge in [-0.05, 0) is 19.1 Å². The molecule has 0 fully saturated rings. The number of rotatable bonds is 2. The molecule has 92 valence electrons. The van der Waals surface area contributed by atoms with Crippen LogP contribution in [-0.2, 0) is 11.3 Å². The summed E-state index contributed by atoms with van der Waals surface area (Å²) in [6, 6.07) is 7.70. The molecule has 0 bridgehead atoms. The van der Waals surface area contributed by atoms with E-state index in [0.717, 1.165) is 21.9 Å². The average Bonchev–Trinajstić information content (AvgIpc) is 2.83. The largest absolute Gasteiger partial charge is 0.487 e. The number of benzene rings is 1. The van der Waals surface area contributed by atoms with E-state index in [4.69, 9.17) is 9.47 Å². The Morgan fingerprint density at radius 1 is 1.50 bits per heavy atom. The van der Waals surface area contributed by atoms with Crippen LogP contribution in [0.1, 0.15) is 21.6 Å². The zero-order valence-corrected chi connectivity index (χ0v) is 10.6. The maximum Gasteiger partial charge on any atom is 0.367 e. The second-order valence-corrected chi connectivity index (χ2v) is 4.88. The van der Waals surface area contributed by atoms with Gasteiger partial charge in [-0.3, -0.25) is 0 Å². The Morgan fingerprint density at radius 2 is 2.33 bits per heavy atom. The van der Waals surface area contributed by atoms with Gasteiger partial charge in [0.05, 0.1) is 17.2 Å². The van der Waals surface area contributed by atoms with Gasteiger partial charge in [0.1, 0.15) is 12.4 Å². The quantitative estimate of drug-likeness (QED) is 0.780. The molecule has 1 aromatic carbocycles. The van der Waals surface area contributed by atoms with E-state index < -0.39 is 0 Å². The Morgan fingerprint density at radius 3 is 3.17 bits per heavy atom. The third-order valence-corrected chi connectivity index (χ3v) is 3.66. The van der Waals surface area contributed by atoms with Crippen molar-refractivity contribution < 1.29 is 14.3 Å². The molecule has 0 amide bonds. The van der Waals surface area contributed by atoms with Crippen molar-refractivity contribution in [3.63, 3.8) is 0 Å². The minimum absolute atomic E-state index is 0.357. The number of aromatic nitrogens is 1. The fourth-order valence-electron chi connectivity index (χ4n) is 1.87. The molecule has 0 saturated heterocycles. The Kier molecular flexibility index (Phi) is 2.76. The molecule has 0 N–H and O–H groups in total. The van der Waals surface area contributed by atoms with Gasteiger partial charge in [-0.1, -0.05) is 12.1 Å². The van der Waals surface area contributed by atoms with Crippen molar-refractivity contribution in [1.82, 2.24) is 4.98 Å². The van der Waals surface area contributed by atoms with E-state index >= 15 is 0 Å². The molecule has 3 rings (SSSR count). The summed E-state index contributed by atoms with van der Waals surface area (Å²) >= 11 is 1.34. The van der Waals surface area contributed by atoms with Crippen molar-refractivity contribution >= 4 is 17.3 Å². The van der Waals surface area contributed by atoms with Crippen molar-refractivity contribution in [2.45, 2.75) is 13.5 Å². The molecule has 0 aliphatic carbocycles. The summed E-state index contributed by atoms with van der Waals surface area (Å²) in [6.45, 7) is 2.60. The summed E-state index contributed by atoms with van der Waals surface area (Å²) in [7, 11) is 0. The predicted octanol–water partition coefficient (Wildman–Crippen LogP) is 2.88. The van der Waals surface area contributed by atoms with Gasteiger partial charge in [0.25, 0.3) is 0 Å². The van der Waals surface area contributed by atoms with Gasteiger partial charge < -0.3 is 9.47 Å². The zero-order chi connectivity index (χ0) is 12.5. The highest BCUT2D eigenvalue weighted by molar-refractivity contribution is 7.14. The maximum atomic E-state index is 11.7. The number of carbonyl (C=O) groups excluding carboxylic acids is 1. The first-order valence-corrected chi connectivity index (χ1v) is 6.50. The summed E-state index contributed by atoms with van der Waals surface area (Å²) in [4.78, 5) is 17.0. The normalized spacial score (nSPS) is 12.3. The minimum atomic E-state index is -0.366. The lowest BCUT2D eigenvalue weighted by atomic mass is 10.1. The molecule has 0 atom stereocenters. The van der Waals surface area contributed by atoms with Crippen LogP contribution in [0.3, 0.4) is 0 Å².